The van der Waals surface area contributed by atoms with Gasteiger partial charge in [-0.15, -0.1) is 0 Å². The van der Waals surface area contributed by atoms with Crippen LogP contribution < -0.4 is 5.32 Å². The summed E-state index contributed by atoms with van der Waals surface area (Å²) in [6.07, 6.45) is 0. The molecule has 1 saturated heterocycles. The molecule has 1 fully saturated rings. The van der Waals surface area contributed by atoms with E-state index in [4.69, 9.17) is 4.74 Å². The maximum atomic E-state index is 11.5. The number of carbonyl (C=O) groups is 1. The smallest absolute Gasteiger partial charge is 0.337 e. The fourth-order valence-corrected chi connectivity index (χ4v) is 2.10. The molecule has 2 N–H and O–H groups in total. The fourth-order valence-electron chi connectivity index (χ4n) is 2.10. The molecule has 1 heterocycles. The zero-order chi connectivity index (χ0) is 15.6. The van der Waals surface area contributed by atoms with Gasteiger partial charge in [-0.3, -0.25) is 10.1 Å². The van der Waals surface area contributed by atoms with Crippen LogP contribution in [0.1, 0.15) is 17.3 Å². The molecule has 8 heteroatoms. The molecule has 1 aliphatic rings. The average Bonchev–Trinajstić information content (AvgIpc) is 2.76. The highest BCUT2D eigenvalue weighted by Gasteiger charge is 2.39. The normalized spacial score (nSPS) is 24.6. The average molecular weight is 296 g/mol. The maximum Gasteiger partial charge on any atom is 0.337 e. The topological polar surface area (TPSA) is 111 Å². The van der Waals surface area contributed by atoms with Gasteiger partial charge in [-0.05, 0) is 19.1 Å². The summed E-state index contributed by atoms with van der Waals surface area (Å²) >= 11 is 0. The number of ether oxygens (including phenoxy) is 2. The molecule has 0 bridgehead atoms. The molecular weight excluding hydrogens is 280 g/mol. The number of hydrogen-bond acceptors (Lipinski definition) is 7. The third-order valence-electron chi connectivity index (χ3n) is 3.37. The SMILES string of the molecule is COC(=O)c1ccc([N+](=O)[O-])c(NC2COCC2(C)O)c1. The fraction of sp³-hybridized carbons (Fsp3) is 0.462. The summed E-state index contributed by atoms with van der Waals surface area (Å²) in [5.41, 5.74) is -1.01. The summed E-state index contributed by atoms with van der Waals surface area (Å²) in [7, 11) is 1.23. The van der Waals surface area contributed by atoms with E-state index in [2.05, 4.69) is 10.1 Å². The summed E-state index contributed by atoms with van der Waals surface area (Å²) in [4.78, 5) is 22.0. The molecule has 0 amide bonds. The molecule has 1 aromatic rings. The Balaban J connectivity index is 2.35. The molecule has 0 saturated carbocycles. The highest BCUT2D eigenvalue weighted by Crippen LogP contribution is 2.30. The van der Waals surface area contributed by atoms with Crippen LogP contribution in [0.4, 0.5) is 11.4 Å². The molecular formula is C13H16N2O6. The number of nitrogens with zero attached hydrogens (tertiary/aromatic N) is 1. The van der Waals surface area contributed by atoms with E-state index in [1.807, 2.05) is 0 Å². The highest BCUT2D eigenvalue weighted by molar-refractivity contribution is 5.91. The first-order valence-electron chi connectivity index (χ1n) is 6.28. The number of benzene rings is 1. The number of nitro benzene ring substituents is 1. The van der Waals surface area contributed by atoms with Crippen molar-refractivity contribution in [3.63, 3.8) is 0 Å². The zero-order valence-corrected chi connectivity index (χ0v) is 11.7. The number of esters is 1. The highest BCUT2D eigenvalue weighted by atomic mass is 16.6. The Morgan fingerprint density at radius 2 is 2.33 bits per heavy atom. The van der Waals surface area contributed by atoms with Crippen molar-refractivity contribution in [3.05, 3.63) is 33.9 Å². The molecule has 1 aromatic carbocycles. The lowest BCUT2D eigenvalue weighted by atomic mass is 10.00. The van der Waals surface area contributed by atoms with E-state index in [9.17, 15) is 20.0 Å². The number of anilines is 1. The van der Waals surface area contributed by atoms with Crippen LogP contribution >= 0.6 is 0 Å². The van der Waals surface area contributed by atoms with Crippen LogP contribution in [-0.2, 0) is 9.47 Å². The van der Waals surface area contributed by atoms with Crippen LogP contribution in [0.5, 0.6) is 0 Å². The molecule has 1 aliphatic heterocycles. The van der Waals surface area contributed by atoms with Crippen molar-refractivity contribution in [2.75, 3.05) is 25.6 Å². The lowest BCUT2D eigenvalue weighted by molar-refractivity contribution is -0.384. The predicted octanol–water partition coefficient (Wildman–Crippen LogP) is 0.943. The van der Waals surface area contributed by atoms with Crippen LogP contribution in [0.15, 0.2) is 18.2 Å². The molecule has 21 heavy (non-hydrogen) atoms. The largest absolute Gasteiger partial charge is 0.465 e. The molecule has 0 aliphatic carbocycles. The van der Waals surface area contributed by atoms with Crippen molar-refractivity contribution in [2.45, 2.75) is 18.6 Å². The van der Waals surface area contributed by atoms with E-state index < -0.39 is 22.5 Å². The van der Waals surface area contributed by atoms with Crippen molar-refractivity contribution in [2.24, 2.45) is 0 Å². The molecule has 0 radical (unpaired) electrons. The first kappa shape index (κ1) is 15.2. The van der Waals surface area contributed by atoms with Gasteiger partial charge in [0, 0.05) is 6.07 Å². The Hall–Kier alpha value is -2.19. The van der Waals surface area contributed by atoms with Crippen molar-refractivity contribution in [1.82, 2.24) is 0 Å². The number of carbonyl (C=O) groups excluding carboxylic acids is 1. The Kier molecular flexibility index (Phi) is 4.10. The molecule has 0 spiro atoms. The van der Waals surface area contributed by atoms with E-state index in [0.717, 1.165) is 0 Å². The number of nitro groups is 1. The Morgan fingerprint density at radius 1 is 1.62 bits per heavy atom. The van der Waals surface area contributed by atoms with Gasteiger partial charge in [0.05, 0.1) is 36.9 Å². The number of aliphatic hydroxyl groups is 1. The van der Waals surface area contributed by atoms with E-state index in [-0.39, 0.29) is 30.2 Å². The molecule has 8 nitrogen and oxygen atoms in total. The van der Waals surface area contributed by atoms with Gasteiger partial charge in [-0.1, -0.05) is 0 Å². The maximum absolute atomic E-state index is 11.5. The lowest BCUT2D eigenvalue weighted by Gasteiger charge is -2.25. The molecule has 114 valence electrons. The van der Waals surface area contributed by atoms with Crippen LogP contribution in [0, 0.1) is 10.1 Å². The predicted molar refractivity (Wildman–Crippen MR) is 73.3 cm³/mol. The Labute approximate surface area is 120 Å². The van der Waals surface area contributed by atoms with Gasteiger partial charge in [-0.25, -0.2) is 4.79 Å². The van der Waals surface area contributed by atoms with Gasteiger partial charge in [0.1, 0.15) is 11.3 Å². The first-order valence-corrected chi connectivity index (χ1v) is 6.28. The van der Waals surface area contributed by atoms with E-state index >= 15 is 0 Å². The molecule has 2 rings (SSSR count). The summed E-state index contributed by atoms with van der Waals surface area (Å²) in [6, 6.07) is 3.36. The van der Waals surface area contributed by atoms with E-state index in [0.29, 0.717) is 0 Å². The minimum Gasteiger partial charge on any atom is -0.465 e. The Bertz CT molecular complexity index is 572. The van der Waals surface area contributed by atoms with Crippen molar-refractivity contribution >= 4 is 17.3 Å². The number of nitrogens with one attached hydrogen (secondary N) is 1. The summed E-state index contributed by atoms with van der Waals surface area (Å²) in [5, 5.41) is 24.1. The van der Waals surface area contributed by atoms with Crippen molar-refractivity contribution < 1.29 is 24.3 Å². The second-order valence-corrected chi connectivity index (χ2v) is 5.05. The van der Waals surface area contributed by atoms with Gasteiger partial charge in [0.15, 0.2) is 0 Å². The summed E-state index contributed by atoms with van der Waals surface area (Å²) in [5.74, 6) is -0.595. The van der Waals surface area contributed by atoms with E-state index in [1.165, 1.54) is 25.3 Å². The monoisotopic (exact) mass is 296 g/mol. The minimum atomic E-state index is -1.14. The van der Waals surface area contributed by atoms with Gasteiger partial charge >= 0.3 is 5.97 Å². The second kappa shape index (κ2) is 5.66. The standard InChI is InChI=1S/C13H16N2O6/c1-13(17)7-21-6-11(13)14-9-5-8(12(16)20-2)3-4-10(9)15(18)19/h3-5,11,14,17H,6-7H2,1-2H3. The number of hydrogen-bond donors (Lipinski definition) is 2. The number of rotatable bonds is 4. The third kappa shape index (κ3) is 3.11. The molecule has 2 atom stereocenters. The van der Waals surface area contributed by atoms with Crippen LogP contribution in [0.25, 0.3) is 0 Å². The van der Waals surface area contributed by atoms with Gasteiger partial charge in [-0.2, -0.15) is 0 Å². The third-order valence-corrected chi connectivity index (χ3v) is 3.37. The quantitative estimate of drug-likeness (QED) is 0.483. The van der Waals surface area contributed by atoms with Gasteiger partial charge < -0.3 is 19.9 Å². The van der Waals surface area contributed by atoms with E-state index in [1.54, 1.807) is 6.92 Å². The Morgan fingerprint density at radius 3 is 2.86 bits per heavy atom. The molecule has 2 unspecified atom stereocenters. The van der Waals surface area contributed by atoms with Crippen LogP contribution in [0.3, 0.4) is 0 Å². The van der Waals surface area contributed by atoms with Crippen LogP contribution in [-0.4, -0.2) is 48.0 Å². The van der Waals surface area contributed by atoms with Crippen LogP contribution in [0.2, 0.25) is 0 Å². The first-order chi connectivity index (χ1) is 9.85. The molecule has 0 aromatic heterocycles. The van der Waals surface area contributed by atoms with Crippen molar-refractivity contribution in [1.29, 1.82) is 0 Å². The van der Waals surface area contributed by atoms with Gasteiger partial charge in [0.2, 0.25) is 0 Å². The summed E-state index contributed by atoms with van der Waals surface area (Å²) in [6.45, 7) is 1.93. The minimum absolute atomic E-state index is 0.134. The van der Waals surface area contributed by atoms with Crippen molar-refractivity contribution in [3.8, 4) is 0 Å². The zero-order valence-electron chi connectivity index (χ0n) is 11.7. The second-order valence-electron chi connectivity index (χ2n) is 5.05. The van der Waals surface area contributed by atoms with Gasteiger partial charge in [0.25, 0.3) is 5.69 Å². The lowest BCUT2D eigenvalue weighted by Crippen LogP contribution is -2.43. The number of methoxy groups -OCH3 is 1. The summed E-state index contributed by atoms with van der Waals surface area (Å²) < 4.78 is 9.76.